The van der Waals surface area contributed by atoms with Crippen molar-refractivity contribution in [1.29, 1.82) is 0 Å². The fourth-order valence-corrected chi connectivity index (χ4v) is 5.33. The molecule has 0 atom stereocenters. The second kappa shape index (κ2) is 9.31. The molecule has 3 N–H and O–H groups in total. The number of hydrogen-bond acceptors (Lipinski definition) is 7. The minimum Gasteiger partial charge on any atom is -0.438 e. The van der Waals surface area contributed by atoms with Crippen molar-refractivity contribution in [3.63, 3.8) is 0 Å². The summed E-state index contributed by atoms with van der Waals surface area (Å²) in [5.41, 5.74) is 5.08. The third-order valence-corrected chi connectivity index (χ3v) is 7.51. The summed E-state index contributed by atoms with van der Waals surface area (Å²) >= 11 is 0. The van der Waals surface area contributed by atoms with E-state index in [9.17, 15) is 22.8 Å². The van der Waals surface area contributed by atoms with E-state index in [2.05, 4.69) is 4.98 Å². The Bertz CT molecular complexity index is 1420. The van der Waals surface area contributed by atoms with Gasteiger partial charge in [-0.2, -0.15) is 4.31 Å². The summed E-state index contributed by atoms with van der Waals surface area (Å²) in [6, 6.07) is 11.5. The van der Waals surface area contributed by atoms with Crippen molar-refractivity contribution >= 4 is 27.4 Å². The molecule has 0 saturated carbocycles. The molecule has 1 saturated heterocycles. The molecule has 0 radical (unpaired) electrons. The van der Waals surface area contributed by atoms with Crippen LogP contribution in [0.2, 0.25) is 0 Å². The van der Waals surface area contributed by atoms with Crippen LogP contribution in [0, 0.1) is 0 Å². The second-order valence-corrected chi connectivity index (χ2v) is 9.88. The number of piperidine rings is 1. The maximum Gasteiger partial charge on any atom is 0.330 e. The summed E-state index contributed by atoms with van der Waals surface area (Å²) in [6.07, 6.45) is 2.48. The third kappa shape index (κ3) is 4.41. The Hall–Kier alpha value is -3.64. The van der Waals surface area contributed by atoms with Gasteiger partial charge >= 0.3 is 5.69 Å². The molecule has 1 fully saturated rings. The average Bonchev–Trinajstić information content (AvgIpc) is 3.33. The molecule has 2 aromatic heterocycles. The Morgan fingerprint density at radius 2 is 1.76 bits per heavy atom. The van der Waals surface area contributed by atoms with Gasteiger partial charge in [-0.05, 0) is 30.5 Å². The van der Waals surface area contributed by atoms with Crippen LogP contribution in [-0.2, 0) is 16.6 Å². The minimum atomic E-state index is -3.87. The van der Waals surface area contributed by atoms with Crippen LogP contribution in [0.4, 0.5) is 11.5 Å². The average molecular weight is 488 g/mol. The Morgan fingerprint density at radius 3 is 2.44 bits per heavy atom. The molecule has 180 valence electrons. The number of carbonyl (C=O) groups is 1. The van der Waals surface area contributed by atoms with Crippen LogP contribution in [0.15, 0.2) is 61.6 Å². The number of nitrogens with zero attached hydrogens (tertiary/aromatic N) is 3. The van der Waals surface area contributed by atoms with Crippen LogP contribution < -0.4 is 21.9 Å². The number of amides is 1. The van der Waals surface area contributed by atoms with Crippen molar-refractivity contribution in [2.45, 2.75) is 30.9 Å². The maximum absolute atomic E-state index is 13.0. The predicted molar refractivity (Wildman–Crippen MR) is 125 cm³/mol. The van der Waals surface area contributed by atoms with Crippen molar-refractivity contribution in [2.75, 3.05) is 30.8 Å². The molecule has 1 aliphatic rings. The highest BCUT2D eigenvalue weighted by molar-refractivity contribution is 7.89. The van der Waals surface area contributed by atoms with Gasteiger partial charge in [0, 0.05) is 20.1 Å². The molecule has 0 aliphatic carbocycles. The number of furan rings is 1. The zero-order chi connectivity index (χ0) is 24.5. The third-order valence-electron chi connectivity index (χ3n) is 5.74. The van der Waals surface area contributed by atoms with Crippen LogP contribution in [0.1, 0.15) is 35.4 Å². The first-order chi connectivity index (χ1) is 16.2. The summed E-state index contributed by atoms with van der Waals surface area (Å²) < 4.78 is 33.5. The van der Waals surface area contributed by atoms with Gasteiger partial charge in [-0.25, -0.2) is 13.2 Å². The van der Waals surface area contributed by atoms with Crippen molar-refractivity contribution in [3.8, 4) is 0 Å². The number of sulfonamides is 1. The number of benzene rings is 1. The van der Waals surface area contributed by atoms with E-state index in [1.807, 2.05) is 6.07 Å². The molecule has 1 amide bonds. The number of aromatic nitrogens is 2. The van der Waals surface area contributed by atoms with Crippen LogP contribution in [-0.4, -0.2) is 48.3 Å². The zero-order valence-corrected chi connectivity index (χ0v) is 19.4. The molecule has 4 rings (SSSR count). The van der Waals surface area contributed by atoms with Gasteiger partial charge in [-0.15, -0.1) is 0 Å². The van der Waals surface area contributed by atoms with Crippen LogP contribution in [0.3, 0.4) is 0 Å². The van der Waals surface area contributed by atoms with Crippen molar-refractivity contribution in [3.05, 3.63) is 74.6 Å². The molecular weight excluding hydrogens is 462 g/mol. The van der Waals surface area contributed by atoms with E-state index in [1.54, 1.807) is 24.3 Å². The molecule has 1 aromatic carbocycles. The Morgan fingerprint density at radius 1 is 1.09 bits per heavy atom. The highest BCUT2D eigenvalue weighted by atomic mass is 32.2. The van der Waals surface area contributed by atoms with E-state index in [4.69, 9.17) is 10.2 Å². The number of nitrogen functional groups attached to an aromatic ring is 1. The fraction of sp³-hybridized carbons (Fsp3) is 0.318. The number of rotatable bonds is 6. The van der Waals surface area contributed by atoms with E-state index in [0.29, 0.717) is 13.1 Å². The molecular formula is C22H25N5O6S. The Kier molecular flexibility index (Phi) is 6.44. The molecule has 34 heavy (non-hydrogen) atoms. The Balaban J connectivity index is 1.64. The predicted octanol–water partition coefficient (Wildman–Crippen LogP) is 1.21. The zero-order valence-electron chi connectivity index (χ0n) is 18.6. The largest absolute Gasteiger partial charge is 0.438 e. The first-order valence-corrected chi connectivity index (χ1v) is 12.2. The summed E-state index contributed by atoms with van der Waals surface area (Å²) in [7, 11) is -2.58. The molecule has 12 heteroatoms. The molecule has 1 aliphatic heterocycles. The number of hydrogen-bond donors (Lipinski definition) is 2. The molecule has 3 aromatic rings. The highest BCUT2D eigenvalue weighted by Gasteiger charge is 2.31. The first-order valence-electron chi connectivity index (χ1n) is 10.7. The van der Waals surface area contributed by atoms with E-state index in [-0.39, 0.29) is 28.9 Å². The van der Waals surface area contributed by atoms with Gasteiger partial charge < -0.3 is 15.1 Å². The SMILES string of the molecule is CN(C(=O)c1ccc(S(=O)(=O)N2CCCCC2)o1)c1c(N)n(Cc2ccccc2)c(=O)[nH]c1=O. The van der Waals surface area contributed by atoms with E-state index in [0.717, 1.165) is 34.3 Å². The van der Waals surface area contributed by atoms with Crippen molar-refractivity contribution < 1.29 is 17.6 Å². The van der Waals surface area contributed by atoms with Crippen LogP contribution in [0.5, 0.6) is 0 Å². The minimum absolute atomic E-state index is 0.0797. The van der Waals surface area contributed by atoms with Gasteiger partial charge in [0.25, 0.3) is 21.5 Å². The lowest BCUT2D eigenvalue weighted by Crippen LogP contribution is -2.39. The number of nitrogens with two attached hydrogens (primary N) is 1. The second-order valence-electron chi connectivity index (χ2n) is 8.01. The molecule has 0 bridgehead atoms. The summed E-state index contributed by atoms with van der Waals surface area (Å²) in [5.74, 6) is -1.28. The van der Waals surface area contributed by atoms with Gasteiger partial charge in [-0.3, -0.25) is 19.1 Å². The smallest absolute Gasteiger partial charge is 0.330 e. The summed E-state index contributed by atoms with van der Waals surface area (Å²) in [4.78, 5) is 41.1. The Labute approximate surface area is 195 Å². The van der Waals surface area contributed by atoms with E-state index in [1.165, 1.54) is 23.5 Å². The quantitative estimate of drug-likeness (QED) is 0.530. The van der Waals surface area contributed by atoms with E-state index < -0.39 is 27.2 Å². The topological polar surface area (TPSA) is 152 Å². The number of H-pyrrole nitrogens is 1. The number of aromatic amines is 1. The first kappa shape index (κ1) is 23.5. The standard InChI is InChI=1S/C22H25N5O6S/c1-25(18-19(23)27(22(30)24-20(18)28)14-15-8-4-2-5-9-15)21(29)16-10-11-17(33-16)34(31,32)26-12-6-3-7-13-26/h2,4-5,8-11H,3,6-7,12-14,23H2,1H3,(H,24,28,30). The number of carbonyl (C=O) groups excluding carboxylic acids is 1. The molecule has 3 heterocycles. The van der Waals surface area contributed by atoms with Gasteiger partial charge in [0.2, 0.25) is 5.09 Å². The molecule has 11 nitrogen and oxygen atoms in total. The van der Waals surface area contributed by atoms with E-state index >= 15 is 0 Å². The van der Waals surface area contributed by atoms with Gasteiger partial charge in [-0.1, -0.05) is 36.8 Å². The van der Waals surface area contributed by atoms with Crippen LogP contribution >= 0.6 is 0 Å². The molecule has 0 unspecified atom stereocenters. The monoisotopic (exact) mass is 487 g/mol. The van der Waals surface area contributed by atoms with Gasteiger partial charge in [0.1, 0.15) is 5.82 Å². The van der Waals surface area contributed by atoms with Gasteiger partial charge in [0.15, 0.2) is 11.4 Å². The number of anilines is 2. The lowest BCUT2D eigenvalue weighted by Gasteiger charge is -2.24. The highest BCUT2D eigenvalue weighted by Crippen LogP contribution is 2.24. The van der Waals surface area contributed by atoms with Crippen LogP contribution in [0.25, 0.3) is 0 Å². The number of nitrogens with one attached hydrogen (secondary N) is 1. The van der Waals surface area contributed by atoms with Gasteiger partial charge in [0.05, 0.1) is 6.54 Å². The van der Waals surface area contributed by atoms with Crippen molar-refractivity contribution in [2.24, 2.45) is 0 Å². The normalized spacial score (nSPS) is 14.7. The summed E-state index contributed by atoms with van der Waals surface area (Å²) in [5, 5.41) is -0.345. The van der Waals surface area contributed by atoms with Crippen molar-refractivity contribution in [1.82, 2.24) is 13.9 Å². The fourth-order valence-electron chi connectivity index (χ4n) is 3.90. The molecule has 0 spiro atoms. The lowest BCUT2D eigenvalue weighted by molar-refractivity contribution is 0.0960. The lowest BCUT2D eigenvalue weighted by atomic mass is 10.2. The maximum atomic E-state index is 13.0. The summed E-state index contributed by atoms with van der Waals surface area (Å²) in [6.45, 7) is 0.860.